The highest BCUT2D eigenvalue weighted by atomic mass is 19.1. The van der Waals surface area contributed by atoms with Gasteiger partial charge in [0.2, 0.25) is 5.91 Å². The van der Waals surface area contributed by atoms with Gasteiger partial charge in [-0.15, -0.1) is 0 Å². The predicted octanol–water partition coefficient (Wildman–Crippen LogP) is 3.11. The Balaban J connectivity index is 1.48. The van der Waals surface area contributed by atoms with E-state index in [9.17, 15) is 14.3 Å². The standard InChI is InChI=1S/C23H25FN2O3/c1-16(27)12-25-22(28)23(11-18-7-2-4-8-20(18)24)14-26(15-23)13-19-10-17-6-3-5-9-21(17)29-19/h2-10,16,27H,11-15H2,1H3,(H,25,28). The molecule has 1 fully saturated rings. The number of halogens is 1. The fraction of sp³-hybridized carbons (Fsp3) is 0.348. The summed E-state index contributed by atoms with van der Waals surface area (Å²) in [5.74, 6) is 0.392. The van der Waals surface area contributed by atoms with E-state index in [1.165, 1.54) is 6.07 Å². The zero-order chi connectivity index (χ0) is 20.4. The van der Waals surface area contributed by atoms with Gasteiger partial charge in [0.25, 0.3) is 0 Å². The molecule has 3 aromatic rings. The number of fused-ring (bicyclic) bond motifs is 1. The number of carbonyl (C=O) groups excluding carboxylic acids is 1. The molecule has 0 saturated carbocycles. The van der Waals surface area contributed by atoms with E-state index in [0.29, 0.717) is 31.6 Å². The molecule has 2 heterocycles. The van der Waals surface area contributed by atoms with Gasteiger partial charge in [-0.1, -0.05) is 36.4 Å². The van der Waals surface area contributed by atoms with Crippen LogP contribution < -0.4 is 5.32 Å². The van der Waals surface area contributed by atoms with Gasteiger partial charge in [-0.05, 0) is 37.1 Å². The van der Waals surface area contributed by atoms with E-state index in [2.05, 4.69) is 10.2 Å². The largest absolute Gasteiger partial charge is 0.460 e. The van der Waals surface area contributed by atoms with Crippen LogP contribution in [0, 0.1) is 11.2 Å². The Morgan fingerprint density at radius 1 is 1.24 bits per heavy atom. The Kier molecular flexibility index (Phi) is 5.39. The average Bonchev–Trinajstić information content (AvgIpc) is 3.08. The van der Waals surface area contributed by atoms with Gasteiger partial charge in [0.05, 0.1) is 18.1 Å². The average molecular weight is 396 g/mol. The van der Waals surface area contributed by atoms with Gasteiger partial charge >= 0.3 is 0 Å². The molecule has 0 aliphatic carbocycles. The van der Waals surface area contributed by atoms with Gasteiger partial charge in [-0.2, -0.15) is 0 Å². The fourth-order valence-electron chi connectivity index (χ4n) is 4.03. The van der Waals surface area contributed by atoms with Gasteiger partial charge in [0, 0.05) is 25.0 Å². The van der Waals surface area contributed by atoms with Crippen LogP contribution in [0.15, 0.2) is 59.0 Å². The lowest BCUT2D eigenvalue weighted by molar-refractivity contribution is -0.143. The summed E-state index contributed by atoms with van der Waals surface area (Å²) in [5, 5.41) is 13.4. The van der Waals surface area contributed by atoms with Crippen molar-refractivity contribution < 1.29 is 18.7 Å². The summed E-state index contributed by atoms with van der Waals surface area (Å²) in [6.07, 6.45) is -0.307. The van der Waals surface area contributed by atoms with E-state index in [-0.39, 0.29) is 18.3 Å². The van der Waals surface area contributed by atoms with Crippen molar-refractivity contribution in [1.29, 1.82) is 0 Å². The quantitative estimate of drug-likeness (QED) is 0.644. The van der Waals surface area contributed by atoms with Crippen LogP contribution >= 0.6 is 0 Å². The molecule has 1 atom stereocenters. The zero-order valence-corrected chi connectivity index (χ0v) is 16.4. The third-order valence-electron chi connectivity index (χ3n) is 5.43. The third kappa shape index (κ3) is 4.18. The fourth-order valence-corrected chi connectivity index (χ4v) is 4.03. The molecule has 2 N–H and O–H groups in total. The summed E-state index contributed by atoms with van der Waals surface area (Å²) >= 11 is 0. The topological polar surface area (TPSA) is 65.7 Å². The summed E-state index contributed by atoms with van der Waals surface area (Å²) in [7, 11) is 0. The highest BCUT2D eigenvalue weighted by molar-refractivity contribution is 5.84. The van der Waals surface area contributed by atoms with Crippen molar-refractivity contribution in [2.75, 3.05) is 19.6 Å². The van der Waals surface area contributed by atoms with E-state index in [4.69, 9.17) is 4.42 Å². The minimum Gasteiger partial charge on any atom is -0.460 e. The van der Waals surface area contributed by atoms with E-state index in [1.54, 1.807) is 25.1 Å². The van der Waals surface area contributed by atoms with Crippen molar-refractivity contribution in [3.05, 3.63) is 71.7 Å². The molecule has 1 aliphatic rings. The smallest absolute Gasteiger partial charge is 0.229 e. The maximum Gasteiger partial charge on any atom is 0.229 e. The van der Waals surface area contributed by atoms with Crippen molar-refractivity contribution >= 4 is 16.9 Å². The lowest BCUT2D eigenvalue weighted by Crippen LogP contribution is -2.64. The maximum absolute atomic E-state index is 14.2. The number of hydrogen-bond donors (Lipinski definition) is 2. The van der Waals surface area contributed by atoms with Gasteiger partial charge in [-0.3, -0.25) is 9.69 Å². The molecule has 29 heavy (non-hydrogen) atoms. The van der Waals surface area contributed by atoms with E-state index >= 15 is 0 Å². The molecule has 1 unspecified atom stereocenters. The SMILES string of the molecule is CC(O)CNC(=O)C1(Cc2ccccc2F)CN(Cc2cc3ccccc3o2)C1. The zero-order valence-electron chi connectivity index (χ0n) is 16.4. The van der Waals surface area contributed by atoms with Crippen molar-refractivity contribution in [1.82, 2.24) is 10.2 Å². The number of para-hydroxylation sites is 1. The first kappa shape index (κ1) is 19.6. The van der Waals surface area contributed by atoms with Crippen LogP contribution in [0.3, 0.4) is 0 Å². The number of nitrogens with one attached hydrogen (secondary N) is 1. The summed E-state index contributed by atoms with van der Waals surface area (Å²) < 4.78 is 20.1. The van der Waals surface area contributed by atoms with E-state index in [0.717, 1.165) is 16.7 Å². The third-order valence-corrected chi connectivity index (χ3v) is 5.43. The lowest BCUT2D eigenvalue weighted by atomic mass is 9.73. The molecule has 152 valence electrons. The molecular weight excluding hydrogens is 371 g/mol. The monoisotopic (exact) mass is 396 g/mol. The van der Waals surface area contributed by atoms with Crippen LogP contribution in [0.1, 0.15) is 18.2 Å². The second-order valence-electron chi connectivity index (χ2n) is 8.00. The van der Waals surface area contributed by atoms with Crippen molar-refractivity contribution in [2.45, 2.75) is 26.0 Å². The van der Waals surface area contributed by atoms with Gasteiger partial charge < -0.3 is 14.8 Å². The van der Waals surface area contributed by atoms with Crippen LogP contribution in [-0.4, -0.2) is 41.7 Å². The first-order valence-corrected chi connectivity index (χ1v) is 9.85. The number of carbonyl (C=O) groups is 1. The second kappa shape index (κ2) is 7.97. The molecule has 2 aromatic carbocycles. The van der Waals surface area contributed by atoms with Crippen molar-refractivity contribution in [3.63, 3.8) is 0 Å². The Bertz CT molecular complexity index is 975. The van der Waals surface area contributed by atoms with Crippen LogP contribution in [0.25, 0.3) is 11.0 Å². The summed E-state index contributed by atoms with van der Waals surface area (Å²) in [4.78, 5) is 15.0. The molecule has 5 nitrogen and oxygen atoms in total. The van der Waals surface area contributed by atoms with Crippen LogP contribution in [0.2, 0.25) is 0 Å². The Morgan fingerprint density at radius 3 is 2.69 bits per heavy atom. The second-order valence-corrected chi connectivity index (χ2v) is 8.00. The van der Waals surface area contributed by atoms with E-state index < -0.39 is 11.5 Å². The van der Waals surface area contributed by atoms with Crippen molar-refractivity contribution in [2.24, 2.45) is 5.41 Å². The molecule has 1 aromatic heterocycles. The van der Waals surface area contributed by atoms with Gasteiger partial charge in [-0.25, -0.2) is 4.39 Å². The number of aliphatic hydroxyl groups excluding tert-OH is 1. The molecule has 0 radical (unpaired) electrons. The maximum atomic E-state index is 14.2. The molecule has 6 heteroatoms. The predicted molar refractivity (Wildman–Crippen MR) is 109 cm³/mol. The minimum atomic E-state index is -0.719. The summed E-state index contributed by atoms with van der Waals surface area (Å²) in [5.41, 5.74) is 0.654. The first-order chi connectivity index (χ1) is 13.9. The number of nitrogens with zero attached hydrogens (tertiary/aromatic N) is 1. The minimum absolute atomic E-state index is 0.150. The Hall–Kier alpha value is -2.70. The van der Waals surface area contributed by atoms with Crippen LogP contribution in [-0.2, 0) is 17.8 Å². The molecule has 4 rings (SSSR count). The lowest BCUT2D eigenvalue weighted by Gasteiger charge is -2.49. The molecular formula is C23H25FN2O3. The van der Waals surface area contributed by atoms with E-state index in [1.807, 2.05) is 30.3 Å². The normalized spacial score (nSPS) is 17.1. The Morgan fingerprint density at radius 2 is 1.97 bits per heavy atom. The summed E-state index contributed by atoms with van der Waals surface area (Å²) in [6.45, 7) is 3.41. The molecule has 1 saturated heterocycles. The molecule has 1 amide bonds. The number of benzene rings is 2. The number of hydrogen-bond acceptors (Lipinski definition) is 4. The first-order valence-electron chi connectivity index (χ1n) is 9.85. The highest BCUT2D eigenvalue weighted by Gasteiger charge is 2.49. The molecule has 1 aliphatic heterocycles. The molecule has 0 spiro atoms. The number of aliphatic hydroxyl groups is 1. The summed E-state index contributed by atoms with van der Waals surface area (Å²) in [6, 6.07) is 16.4. The van der Waals surface area contributed by atoms with Gasteiger partial charge in [0.1, 0.15) is 17.2 Å². The number of likely N-dealkylation sites (tertiary alicyclic amines) is 1. The van der Waals surface area contributed by atoms with Crippen LogP contribution in [0.4, 0.5) is 4.39 Å². The van der Waals surface area contributed by atoms with Crippen molar-refractivity contribution in [3.8, 4) is 0 Å². The van der Waals surface area contributed by atoms with Gasteiger partial charge in [0.15, 0.2) is 0 Å². The number of furan rings is 1. The highest BCUT2D eigenvalue weighted by Crippen LogP contribution is 2.36. The number of amides is 1. The van der Waals surface area contributed by atoms with Crippen LogP contribution in [0.5, 0.6) is 0 Å². The molecule has 0 bridgehead atoms. The number of rotatable bonds is 7. The Labute approximate surface area is 169 Å².